The minimum Gasteiger partial charge on any atom is -0.486 e. The number of benzene rings is 1. The number of thioether (sulfide) groups is 1. The van der Waals surface area contributed by atoms with Crippen molar-refractivity contribution in [2.24, 2.45) is 7.05 Å². The van der Waals surface area contributed by atoms with Gasteiger partial charge in [-0.3, -0.25) is 10.1 Å². The van der Waals surface area contributed by atoms with Gasteiger partial charge in [0.25, 0.3) is 0 Å². The SMILES string of the molecule is Cc1occc1-c1nnc(SCC(=O)NC(=O)Nc2ccc3c(c2)OCCO3)n1C. The second kappa shape index (κ2) is 8.49. The molecule has 0 aliphatic carbocycles. The first kappa shape index (κ1) is 19.8. The van der Waals surface area contributed by atoms with Crippen molar-refractivity contribution in [3.63, 3.8) is 0 Å². The van der Waals surface area contributed by atoms with Gasteiger partial charge < -0.3 is 23.8 Å². The van der Waals surface area contributed by atoms with Gasteiger partial charge in [0, 0.05) is 18.8 Å². The number of hydrogen-bond acceptors (Lipinski definition) is 8. The van der Waals surface area contributed by atoms with Crippen LogP contribution < -0.4 is 20.1 Å². The zero-order valence-electron chi connectivity index (χ0n) is 16.3. The summed E-state index contributed by atoms with van der Waals surface area (Å²) in [5, 5.41) is 13.7. The molecule has 2 N–H and O–H groups in total. The number of ether oxygens (including phenoxy) is 2. The number of fused-ring (bicyclic) bond motifs is 1. The number of nitrogens with zero attached hydrogens (tertiary/aromatic N) is 3. The third-order valence-electron chi connectivity index (χ3n) is 4.32. The van der Waals surface area contributed by atoms with Crippen molar-refractivity contribution in [3.05, 3.63) is 36.3 Å². The van der Waals surface area contributed by atoms with Gasteiger partial charge in [-0.1, -0.05) is 11.8 Å². The van der Waals surface area contributed by atoms with E-state index in [2.05, 4.69) is 20.8 Å². The Bertz CT molecular complexity index is 1090. The molecule has 10 nitrogen and oxygen atoms in total. The fraction of sp³-hybridized carbons (Fsp3) is 0.263. The van der Waals surface area contributed by atoms with E-state index in [0.717, 1.165) is 11.3 Å². The number of urea groups is 1. The normalized spacial score (nSPS) is 12.5. The van der Waals surface area contributed by atoms with Gasteiger partial charge >= 0.3 is 6.03 Å². The molecule has 0 atom stereocenters. The molecule has 1 aromatic carbocycles. The Hall–Kier alpha value is -3.47. The van der Waals surface area contributed by atoms with Gasteiger partial charge in [-0.15, -0.1) is 10.2 Å². The van der Waals surface area contributed by atoms with Crippen molar-refractivity contribution in [2.75, 3.05) is 24.3 Å². The molecule has 4 rings (SSSR count). The number of aromatic nitrogens is 3. The lowest BCUT2D eigenvalue weighted by molar-refractivity contribution is -0.117. The van der Waals surface area contributed by atoms with Crippen LogP contribution in [0.4, 0.5) is 10.5 Å². The van der Waals surface area contributed by atoms with Crippen molar-refractivity contribution >= 4 is 29.4 Å². The van der Waals surface area contributed by atoms with Gasteiger partial charge in [0.1, 0.15) is 19.0 Å². The van der Waals surface area contributed by atoms with Crippen LogP contribution in [-0.4, -0.2) is 45.7 Å². The van der Waals surface area contributed by atoms with E-state index >= 15 is 0 Å². The molecule has 3 heterocycles. The molecule has 1 aliphatic heterocycles. The van der Waals surface area contributed by atoms with Crippen LogP contribution >= 0.6 is 11.8 Å². The third kappa shape index (κ3) is 4.25. The van der Waals surface area contributed by atoms with Gasteiger partial charge in [-0.2, -0.15) is 0 Å². The number of rotatable bonds is 5. The minimum absolute atomic E-state index is 0.00486. The van der Waals surface area contributed by atoms with Crippen LogP contribution in [0.2, 0.25) is 0 Å². The van der Waals surface area contributed by atoms with Crippen LogP contribution in [0, 0.1) is 6.92 Å². The summed E-state index contributed by atoms with van der Waals surface area (Å²) in [7, 11) is 1.80. The summed E-state index contributed by atoms with van der Waals surface area (Å²) in [6.45, 7) is 2.77. The van der Waals surface area contributed by atoms with Crippen LogP contribution in [0.5, 0.6) is 11.5 Å². The lowest BCUT2D eigenvalue weighted by Gasteiger charge is -2.19. The average Bonchev–Trinajstić information content (AvgIpc) is 3.31. The first-order chi connectivity index (χ1) is 14.5. The Labute approximate surface area is 175 Å². The number of furan rings is 1. The van der Waals surface area contributed by atoms with E-state index in [4.69, 9.17) is 13.9 Å². The highest BCUT2D eigenvalue weighted by Crippen LogP contribution is 2.32. The molecular weight excluding hydrogens is 410 g/mol. The molecule has 3 aromatic rings. The lowest BCUT2D eigenvalue weighted by Crippen LogP contribution is -2.35. The van der Waals surface area contributed by atoms with Crippen LogP contribution in [0.15, 0.2) is 40.1 Å². The van der Waals surface area contributed by atoms with Gasteiger partial charge in [-0.25, -0.2) is 4.79 Å². The molecular formula is C19H19N5O5S. The van der Waals surface area contributed by atoms with Crippen molar-refractivity contribution in [2.45, 2.75) is 12.1 Å². The lowest BCUT2D eigenvalue weighted by atomic mass is 10.2. The number of carbonyl (C=O) groups is 2. The third-order valence-corrected chi connectivity index (χ3v) is 5.34. The maximum absolute atomic E-state index is 12.1. The average molecular weight is 429 g/mol. The predicted molar refractivity (Wildman–Crippen MR) is 109 cm³/mol. The molecule has 156 valence electrons. The smallest absolute Gasteiger partial charge is 0.325 e. The van der Waals surface area contributed by atoms with Crippen LogP contribution in [0.3, 0.4) is 0 Å². The van der Waals surface area contributed by atoms with E-state index in [-0.39, 0.29) is 5.75 Å². The van der Waals surface area contributed by atoms with E-state index < -0.39 is 11.9 Å². The van der Waals surface area contributed by atoms with Crippen LogP contribution in [-0.2, 0) is 11.8 Å². The van der Waals surface area contributed by atoms with E-state index in [1.165, 1.54) is 11.8 Å². The van der Waals surface area contributed by atoms with Crippen molar-refractivity contribution in [3.8, 4) is 22.9 Å². The number of amides is 3. The predicted octanol–water partition coefficient (Wildman–Crippen LogP) is 2.60. The summed E-state index contributed by atoms with van der Waals surface area (Å²) in [6.07, 6.45) is 1.58. The van der Waals surface area contributed by atoms with Crippen molar-refractivity contribution < 1.29 is 23.5 Å². The molecule has 3 amide bonds. The number of imide groups is 1. The Morgan fingerprint density at radius 2 is 1.97 bits per heavy atom. The maximum atomic E-state index is 12.1. The maximum Gasteiger partial charge on any atom is 0.325 e. The molecule has 0 fully saturated rings. The summed E-state index contributed by atoms with van der Waals surface area (Å²) in [6, 6.07) is 6.19. The molecule has 11 heteroatoms. The Balaban J connectivity index is 1.30. The zero-order valence-corrected chi connectivity index (χ0v) is 17.1. The fourth-order valence-electron chi connectivity index (χ4n) is 2.87. The van der Waals surface area contributed by atoms with E-state index in [1.807, 2.05) is 13.0 Å². The monoisotopic (exact) mass is 429 g/mol. The minimum atomic E-state index is -0.634. The molecule has 0 saturated carbocycles. The number of hydrogen-bond donors (Lipinski definition) is 2. The number of nitrogens with one attached hydrogen (secondary N) is 2. The highest BCUT2D eigenvalue weighted by atomic mass is 32.2. The van der Waals surface area contributed by atoms with Crippen LogP contribution in [0.1, 0.15) is 5.76 Å². The first-order valence-corrected chi connectivity index (χ1v) is 10.1. The van der Waals surface area contributed by atoms with E-state index in [9.17, 15) is 9.59 Å². The molecule has 2 aromatic heterocycles. The number of carbonyl (C=O) groups excluding carboxylic acids is 2. The Morgan fingerprint density at radius 1 is 1.17 bits per heavy atom. The second-order valence-corrected chi connectivity index (χ2v) is 7.35. The Kier molecular flexibility index (Phi) is 5.61. The van der Waals surface area contributed by atoms with Crippen LogP contribution in [0.25, 0.3) is 11.4 Å². The summed E-state index contributed by atoms with van der Waals surface area (Å²) >= 11 is 1.18. The molecule has 0 bridgehead atoms. The zero-order chi connectivity index (χ0) is 21.1. The van der Waals surface area contributed by atoms with Gasteiger partial charge in [0.05, 0.1) is 17.6 Å². The molecule has 0 saturated heterocycles. The summed E-state index contributed by atoms with van der Waals surface area (Å²) < 4.78 is 18.0. The highest BCUT2D eigenvalue weighted by molar-refractivity contribution is 7.99. The van der Waals surface area contributed by atoms with Gasteiger partial charge in [-0.05, 0) is 25.1 Å². The van der Waals surface area contributed by atoms with E-state index in [0.29, 0.717) is 41.4 Å². The largest absolute Gasteiger partial charge is 0.486 e. The highest BCUT2D eigenvalue weighted by Gasteiger charge is 2.17. The quantitative estimate of drug-likeness (QED) is 0.594. The summed E-state index contributed by atoms with van der Waals surface area (Å²) in [5.74, 6) is 2.08. The number of anilines is 1. The molecule has 0 spiro atoms. The number of aryl methyl sites for hydroxylation is 1. The molecule has 1 aliphatic rings. The topological polar surface area (TPSA) is 121 Å². The van der Waals surface area contributed by atoms with Crippen molar-refractivity contribution in [1.82, 2.24) is 20.1 Å². The Morgan fingerprint density at radius 3 is 2.73 bits per heavy atom. The van der Waals surface area contributed by atoms with Crippen molar-refractivity contribution in [1.29, 1.82) is 0 Å². The molecule has 30 heavy (non-hydrogen) atoms. The molecule has 0 radical (unpaired) electrons. The standard InChI is InChI=1S/C19H19N5O5S/c1-11-13(5-6-27-11)17-22-23-19(24(17)2)30-10-16(25)21-18(26)20-12-3-4-14-15(9-12)29-8-7-28-14/h3-6,9H,7-8,10H2,1-2H3,(H2,20,21,25,26). The van der Waals surface area contributed by atoms with Gasteiger partial charge in [0.15, 0.2) is 22.5 Å². The second-order valence-electron chi connectivity index (χ2n) is 6.41. The van der Waals surface area contributed by atoms with E-state index in [1.54, 1.807) is 36.1 Å². The summed E-state index contributed by atoms with van der Waals surface area (Å²) in [4.78, 5) is 24.2. The fourth-order valence-corrected chi connectivity index (χ4v) is 3.58. The molecule has 0 unspecified atom stereocenters. The first-order valence-electron chi connectivity index (χ1n) is 9.08. The van der Waals surface area contributed by atoms with Gasteiger partial charge in [0.2, 0.25) is 5.91 Å². The summed E-state index contributed by atoms with van der Waals surface area (Å²) in [5.41, 5.74) is 1.32.